The van der Waals surface area contributed by atoms with Gasteiger partial charge in [-0.1, -0.05) is 6.92 Å². The number of carbonyl (C=O) groups is 1. The summed E-state index contributed by atoms with van der Waals surface area (Å²) in [6.07, 6.45) is 0.417. The number of nitrogens with one attached hydrogen (secondary N) is 1. The first-order chi connectivity index (χ1) is 5.31. The molecule has 66 valence electrons. The third-order valence-electron chi connectivity index (χ3n) is 1.12. The Balaban J connectivity index is 2.95. The number of carbonyl (C=O) groups excluding carboxylic acids is 1. The summed E-state index contributed by atoms with van der Waals surface area (Å²) in [7, 11) is 0. The number of ether oxygens (including phenoxy) is 1. The fraction of sp³-hybridized carbons (Fsp3) is 0.857. The Hall–Kier alpha value is -0.610. The predicted octanol–water partition coefficient (Wildman–Crippen LogP) is -0.479. The van der Waals surface area contributed by atoms with Crippen molar-refractivity contribution in [2.75, 3.05) is 26.3 Å². The molecule has 0 fully saturated rings. The Morgan fingerprint density at radius 1 is 1.55 bits per heavy atom. The zero-order chi connectivity index (χ0) is 8.53. The van der Waals surface area contributed by atoms with Crippen LogP contribution in [0.5, 0.6) is 0 Å². The third kappa shape index (κ3) is 7.29. The lowest BCUT2D eigenvalue weighted by Crippen LogP contribution is -2.23. The summed E-state index contributed by atoms with van der Waals surface area (Å²) >= 11 is 0. The van der Waals surface area contributed by atoms with E-state index in [1.807, 2.05) is 0 Å². The van der Waals surface area contributed by atoms with Crippen molar-refractivity contribution in [3.05, 3.63) is 0 Å². The van der Waals surface area contributed by atoms with Gasteiger partial charge in [0.25, 0.3) is 0 Å². The number of aliphatic hydroxyl groups is 1. The van der Waals surface area contributed by atoms with Crippen molar-refractivity contribution in [3.8, 4) is 0 Å². The maximum absolute atomic E-state index is 10.5. The van der Waals surface area contributed by atoms with Gasteiger partial charge in [-0.3, -0.25) is 4.79 Å². The molecule has 4 heteroatoms. The van der Waals surface area contributed by atoms with Crippen LogP contribution in [0.3, 0.4) is 0 Å². The Kier molecular flexibility index (Phi) is 7.08. The summed E-state index contributed by atoms with van der Waals surface area (Å²) in [5, 5.41) is 11.2. The maximum Gasteiger partial charge on any atom is 0.305 e. The van der Waals surface area contributed by atoms with Crippen molar-refractivity contribution in [1.29, 1.82) is 0 Å². The highest BCUT2D eigenvalue weighted by Gasteiger charge is 1.95. The molecule has 0 aromatic rings. The molecule has 0 unspecified atom stereocenters. The second-order valence-electron chi connectivity index (χ2n) is 2.05. The van der Waals surface area contributed by atoms with Gasteiger partial charge < -0.3 is 15.2 Å². The standard InChI is InChI=1S/C7H15NO3/c1-2-7(10)11-6-4-8-3-5-9/h8-9H,2-6H2,1H3. The van der Waals surface area contributed by atoms with E-state index in [2.05, 4.69) is 5.32 Å². The van der Waals surface area contributed by atoms with Crippen molar-refractivity contribution in [2.24, 2.45) is 0 Å². The van der Waals surface area contributed by atoms with E-state index in [0.29, 0.717) is 26.1 Å². The summed E-state index contributed by atoms with van der Waals surface area (Å²) in [6.45, 7) is 3.40. The van der Waals surface area contributed by atoms with Gasteiger partial charge in [-0.15, -0.1) is 0 Å². The van der Waals surface area contributed by atoms with Crippen LogP contribution in [0.15, 0.2) is 0 Å². The highest BCUT2D eigenvalue weighted by Crippen LogP contribution is 1.81. The van der Waals surface area contributed by atoms with Gasteiger partial charge in [0.05, 0.1) is 6.61 Å². The quantitative estimate of drug-likeness (QED) is 0.408. The van der Waals surface area contributed by atoms with Crippen molar-refractivity contribution >= 4 is 5.97 Å². The number of hydrogen-bond acceptors (Lipinski definition) is 4. The molecule has 0 radical (unpaired) electrons. The maximum atomic E-state index is 10.5. The fourth-order valence-electron chi connectivity index (χ4n) is 0.543. The molecule has 4 nitrogen and oxygen atoms in total. The van der Waals surface area contributed by atoms with Crippen LogP contribution >= 0.6 is 0 Å². The molecule has 0 spiro atoms. The molecular formula is C7H15NO3. The van der Waals surface area contributed by atoms with E-state index in [4.69, 9.17) is 9.84 Å². The molecule has 0 aliphatic rings. The normalized spacial score (nSPS) is 9.64. The van der Waals surface area contributed by atoms with Gasteiger partial charge in [-0.2, -0.15) is 0 Å². The first kappa shape index (κ1) is 10.4. The summed E-state index contributed by atoms with van der Waals surface area (Å²) in [5.41, 5.74) is 0. The lowest BCUT2D eigenvalue weighted by molar-refractivity contribution is -0.143. The number of rotatable bonds is 6. The second-order valence-corrected chi connectivity index (χ2v) is 2.05. The van der Waals surface area contributed by atoms with Gasteiger partial charge in [0.2, 0.25) is 0 Å². The average molecular weight is 161 g/mol. The monoisotopic (exact) mass is 161 g/mol. The smallest absolute Gasteiger partial charge is 0.305 e. The molecule has 0 heterocycles. The highest BCUT2D eigenvalue weighted by molar-refractivity contribution is 5.68. The molecular weight excluding hydrogens is 146 g/mol. The molecule has 11 heavy (non-hydrogen) atoms. The van der Waals surface area contributed by atoms with Crippen molar-refractivity contribution in [1.82, 2.24) is 5.32 Å². The van der Waals surface area contributed by atoms with Gasteiger partial charge in [0.15, 0.2) is 0 Å². The summed E-state index contributed by atoms with van der Waals surface area (Å²) in [5.74, 6) is -0.184. The average Bonchev–Trinajstić information content (AvgIpc) is 2.04. The molecule has 0 amide bonds. The molecule has 0 aliphatic heterocycles. The molecule has 0 saturated heterocycles. The van der Waals surface area contributed by atoms with Crippen LogP contribution in [-0.4, -0.2) is 37.4 Å². The summed E-state index contributed by atoms with van der Waals surface area (Å²) < 4.78 is 4.75. The van der Waals surface area contributed by atoms with Crippen LogP contribution in [0, 0.1) is 0 Å². The summed E-state index contributed by atoms with van der Waals surface area (Å²) in [6, 6.07) is 0. The van der Waals surface area contributed by atoms with Gasteiger partial charge in [-0.25, -0.2) is 0 Å². The van der Waals surface area contributed by atoms with Crippen molar-refractivity contribution in [2.45, 2.75) is 13.3 Å². The Labute approximate surface area is 66.5 Å². The van der Waals surface area contributed by atoms with E-state index in [1.165, 1.54) is 0 Å². The fourth-order valence-corrected chi connectivity index (χ4v) is 0.543. The highest BCUT2D eigenvalue weighted by atomic mass is 16.5. The molecule has 0 rings (SSSR count). The van der Waals surface area contributed by atoms with E-state index < -0.39 is 0 Å². The number of esters is 1. The van der Waals surface area contributed by atoms with E-state index in [1.54, 1.807) is 6.92 Å². The van der Waals surface area contributed by atoms with E-state index in [0.717, 1.165) is 0 Å². The topological polar surface area (TPSA) is 58.6 Å². The van der Waals surface area contributed by atoms with Crippen LogP contribution in [0.2, 0.25) is 0 Å². The molecule has 0 aliphatic carbocycles. The Bertz CT molecular complexity index is 106. The van der Waals surface area contributed by atoms with E-state index in [-0.39, 0.29) is 12.6 Å². The molecule has 0 atom stereocenters. The van der Waals surface area contributed by atoms with Crippen LogP contribution in [0.25, 0.3) is 0 Å². The SMILES string of the molecule is CCC(=O)OCCNCCO. The van der Waals surface area contributed by atoms with E-state index in [9.17, 15) is 4.79 Å². The van der Waals surface area contributed by atoms with Gasteiger partial charge >= 0.3 is 5.97 Å². The minimum absolute atomic E-state index is 0.113. The number of aliphatic hydroxyl groups excluding tert-OH is 1. The first-order valence-electron chi connectivity index (χ1n) is 3.78. The van der Waals surface area contributed by atoms with Crippen LogP contribution in [0.1, 0.15) is 13.3 Å². The molecule has 0 aromatic heterocycles. The predicted molar refractivity (Wildman–Crippen MR) is 41.2 cm³/mol. The van der Waals surface area contributed by atoms with Gasteiger partial charge in [0, 0.05) is 19.5 Å². The minimum Gasteiger partial charge on any atom is -0.464 e. The second kappa shape index (κ2) is 7.50. The van der Waals surface area contributed by atoms with Crippen LogP contribution < -0.4 is 5.32 Å². The van der Waals surface area contributed by atoms with Crippen molar-refractivity contribution in [3.63, 3.8) is 0 Å². The zero-order valence-electron chi connectivity index (χ0n) is 6.80. The van der Waals surface area contributed by atoms with Gasteiger partial charge in [0.1, 0.15) is 6.61 Å². The molecule has 0 saturated carbocycles. The number of hydrogen-bond donors (Lipinski definition) is 2. The van der Waals surface area contributed by atoms with E-state index >= 15 is 0 Å². The largest absolute Gasteiger partial charge is 0.464 e. The third-order valence-corrected chi connectivity index (χ3v) is 1.12. The van der Waals surface area contributed by atoms with Gasteiger partial charge in [-0.05, 0) is 0 Å². The van der Waals surface area contributed by atoms with Crippen LogP contribution in [0.4, 0.5) is 0 Å². The Morgan fingerprint density at radius 3 is 2.82 bits per heavy atom. The minimum atomic E-state index is -0.184. The summed E-state index contributed by atoms with van der Waals surface area (Å²) in [4.78, 5) is 10.5. The first-order valence-corrected chi connectivity index (χ1v) is 3.78. The van der Waals surface area contributed by atoms with Crippen molar-refractivity contribution < 1.29 is 14.6 Å². The molecule has 0 aromatic carbocycles. The zero-order valence-corrected chi connectivity index (χ0v) is 6.80. The lowest BCUT2D eigenvalue weighted by Gasteiger charge is -2.03. The molecule has 2 N–H and O–H groups in total. The Morgan fingerprint density at radius 2 is 2.27 bits per heavy atom. The van der Waals surface area contributed by atoms with Crippen LogP contribution in [-0.2, 0) is 9.53 Å². The lowest BCUT2D eigenvalue weighted by atomic mass is 10.5. The molecule has 0 bridgehead atoms.